The second kappa shape index (κ2) is 37.2. The number of rotatable bonds is 38. The average molecular weight is 709 g/mol. The highest BCUT2D eigenvalue weighted by atomic mass is 16.6. The molecule has 0 fully saturated rings. The Bertz CT molecular complexity index is 766. The van der Waals surface area contributed by atoms with Gasteiger partial charge in [-0.3, -0.25) is 14.4 Å². The summed E-state index contributed by atoms with van der Waals surface area (Å²) < 4.78 is 16.7. The van der Waals surface area contributed by atoms with Gasteiger partial charge in [-0.15, -0.1) is 0 Å². The predicted octanol–water partition coefficient (Wildman–Crippen LogP) is 13.4. The Balaban J connectivity index is 4.35. The molecule has 0 aromatic carbocycles. The molecule has 0 aromatic heterocycles. The van der Waals surface area contributed by atoms with Gasteiger partial charge >= 0.3 is 17.9 Å². The zero-order valence-corrected chi connectivity index (χ0v) is 34.0. The molecule has 0 N–H and O–H groups in total. The Labute approximate surface area is 310 Å². The van der Waals surface area contributed by atoms with E-state index in [1.807, 2.05) is 0 Å². The minimum atomic E-state index is -0.760. The summed E-state index contributed by atoms with van der Waals surface area (Å²) in [5.74, 6) is 0.758. The largest absolute Gasteiger partial charge is 0.462 e. The number of hydrogen-bond donors (Lipinski definition) is 0. The van der Waals surface area contributed by atoms with Gasteiger partial charge in [0.25, 0.3) is 0 Å². The van der Waals surface area contributed by atoms with Crippen molar-refractivity contribution in [2.24, 2.45) is 11.8 Å². The molecule has 296 valence electrons. The van der Waals surface area contributed by atoms with E-state index in [1.165, 1.54) is 122 Å². The third kappa shape index (κ3) is 36.2. The minimum absolute atomic E-state index is 0.0661. The number of unbranched alkanes of at least 4 members (excludes halogenated alkanes) is 22. The molecule has 0 aliphatic heterocycles. The highest BCUT2D eigenvalue weighted by molar-refractivity contribution is 5.71. The lowest BCUT2D eigenvalue weighted by atomic mass is 10.00. The quantitative estimate of drug-likeness (QED) is 0.0361. The summed E-state index contributed by atoms with van der Waals surface area (Å²) in [4.78, 5) is 37.6. The van der Waals surface area contributed by atoms with Gasteiger partial charge in [0, 0.05) is 19.3 Å². The third-order valence-electron chi connectivity index (χ3n) is 10.1. The van der Waals surface area contributed by atoms with E-state index in [2.05, 4.69) is 34.6 Å². The van der Waals surface area contributed by atoms with Gasteiger partial charge in [0.2, 0.25) is 0 Å². The van der Waals surface area contributed by atoms with Gasteiger partial charge in [-0.25, -0.2) is 0 Å². The smallest absolute Gasteiger partial charge is 0.306 e. The zero-order chi connectivity index (χ0) is 36.9. The van der Waals surface area contributed by atoms with Crippen molar-refractivity contribution in [1.29, 1.82) is 0 Å². The molecular weight excluding hydrogens is 624 g/mol. The maximum absolute atomic E-state index is 12.6. The van der Waals surface area contributed by atoms with Crippen molar-refractivity contribution < 1.29 is 28.6 Å². The molecule has 6 heteroatoms. The number of hydrogen-bond acceptors (Lipinski definition) is 6. The van der Waals surface area contributed by atoms with Crippen molar-refractivity contribution >= 4 is 17.9 Å². The standard InChI is InChI=1S/C44H84O6/c1-6-8-9-10-11-12-15-19-26-31-36-44(47)50-41(38-49-43(46)35-30-25-21-20-23-28-33-40(5)7-2)37-48-42(45)34-29-24-18-16-13-14-17-22-27-32-39(3)4/h39-41H,6-38H2,1-5H3/t40?,41-/m0/s1. The molecule has 0 saturated carbocycles. The van der Waals surface area contributed by atoms with Crippen LogP contribution >= 0.6 is 0 Å². The van der Waals surface area contributed by atoms with Crippen molar-refractivity contribution in [2.75, 3.05) is 13.2 Å². The van der Waals surface area contributed by atoms with Crippen molar-refractivity contribution in [3.8, 4) is 0 Å². The number of ether oxygens (including phenoxy) is 3. The third-order valence-corrected chi connectivity index (χ3v) is 10.1. The first-order chi connectivity index (χ1) is 24.3. The summed E-state index contributed by atoms with van der Waals surface area (Å²) in [6, 6.07) is 0. The molecule has 50 heavy (non-hydrogen) atoms. The number of carbonyl (C=O) groups is 3. The molecule has 6 nitrogen and oxygen atoms in total. The second-order valence-corrected chi connectivity index (χ2v) is 15.7. The van der Waals surface area contributed by atoms with Gasteiger partial charge in [-0.05, 0) is 31.1 Å². The molecule has 0 heterocycles. The Morgan fingerprint density at radius 1 is 0.420 bits per heavy atom. The van der Waals surface area contributed by atoms with Crippen molar-refractivity contribution in [2.45, 2.75) is 240 Å². The normalized spacial score (nSPS) is 12.6. The van der Waals surface area contributed by atoms with E-state index in [0.29, 0.717) is 19.3 Å². The lowest BCUT2D eigenvalue weighted by Crippen LogP contribution is -2.30. The molecule has 0 amide bonds. The molecule has 0 bridgehead atoms. The van der Waals surface area contributed by atoms with Crippen LogP contribution in [0.15, 0.2) is 0 Å². The fourth-order valence-corrected chi connectivity index (χ4v) is 6.37. The maximum Gasteiger partial charge on any atom is 0.306 e. The summed E-state index contributed by atoms with van der Waals surface area (Å²) >= 11 is 0. The first-order valence-corrected chi connectivity index (χ1v) is 21.8. The van der Waals surface area contributed by atoms with Crippen molar-refractivity contribution in [3.63, 3.8) is 0 Å². The molecule has 0 spiro atoms. The van der Waals surface area contributed by atoms with E-state index >= 15 is 0 Å². The van der Waals surface area contributed by atoms with E-state index in [0.717, 1.165) is 69.6 Å². The van der Waals surface area contributed by atoms with Gasteiger partial charge < -0.3 is 14.2 Å². The Kier molecular flexibility index (Phi) is 36.0. The van der Waals surface area contributed by atoms with Crippen LogP contribution in [0.1, 0.15) is 234 Å². The van der Waals surface area contributed by atoms with Gasteiger partial charge in [0.05, 0.1) is 0 Å². The summed E-state index contributed by atoms with van der Waals surface area (Å²) in [5.41, 5.74) is 0. The molecule has 0 aromatic rings. The summed E-state index contributed by atoms with van der Waals surface area (Å²) in [5, 5.41) is 0. The van der Waals surface area contributed by atoms with Crippen LogP contribution < -0.4 is 0 Å². The molecule has 0 aliphatic carbocycles. The van der Waals surface area contributed by atoms with E-state index in [9.17, 15) is 14.4 Å². The molecule has 0 aliphatic rings. The van der Waals surface area contributed by atoms with Crippen LogP contribution in [0.5, 0.6) is 0 Å². The van der Waals surface area contributed by atoms with Crippen LogP contribution in [-0.4, -0.2) is 37.2 Å². The SMILES string of the molecule is CCCCCCCCCCCCC(=O)O[C@@H](COC(=O)CCCCCCCCCCCC(C)C)COC(=O)CCCCCCCCC(C)CC. The van der Waals surface area contributed by atoms with Crippen LogP contribution in [0.2, 0.25) is 0 Å². The van der Waals surface area contributed by atoms with Crippen LogP contribution in [-0.2, 0) is 28.6 Å². The number of esters is 3. The summed E-state index contributed by atoms with van der Waals surface area (Å²) in [6.07, 6.45) is 33.7. The zero-order valence-electron chi connectivity index (χ0n) is 34.0. The molecule has 0 radical (unpaired) electrons. The fourth-order valence-electron chi connectivity index (χ4n) is 6.37. The Morgan fingerprint density at radius 2 is 0.760 bits per heavy atom. The summed E-state index contributed by atoms with van der Waals surface area (Å²) in [7, 11) is 0. The first-order valence-electron chi connectivity index (χ1n) is 21.8. The first kappa shape index (κ1) is 48.4. The second-order valence-electron chi connectivity index (χ2n) is 15.7. The Morgan fingerprint density at radius 3 is 1.14 bits per heavy atom. The highest BCUT2D eigenvalue weighted by Gasteiger charge is 2.19. The molecule has 0 saturated heterocycles. The van der Waals surface area contributed by atoms with E-state index < -0.39 is 6.10 Å². The van der Waals surface area contributed by atoms with Crippen LogP contribution in [0.3, 0.4) is 0 Å². The lowest BCUT2D eigenvalue weighted by Gasteiger charge is -2.18. The van der Waals surface area contributed by atoms with Gasteiger partial charge in [-0.1, -0.05) is 195 Å². The van der Waals surface area contributed by atoms with Gasteiger partial charge in [0.1, 0.15) is 13.2 Å². The van der Waals surface area contributed by atoms with Crippen LogP contribution in [0.25, 0.3) is 0 Å². The maximum atomic E-state index is 12.6. The number of carbonyl (C=O) groups excluding carboxylic acids is 3. The van der Waals surface area contributed by atoms with Crippen molar-refractivity contribution in [3.05, 3.63) is 0 Å². The monoisotopic (exact) mass is 709 g/mol. The molecule has 2 atom stereocenters. The van der Waals surface area contributed by atoms with Gasteiger partial charge in [0.15, 0.2) is 6.10 Å². The molecule has 1 unspecified atom stereocenters. The highest BCUT2D eigenvalue weighted by Crippen LogP contribution is 2.16. The van der Waals surface area contributed by atoms with Gasteiger partial charge in [-0.2, -0.15) is 0 Å². The lowest BCUT2D eigenvalue weighted by molar-refractivity contribution is -0.167. The molecular formula is C44H84O6. The topological polar surface area (TPSA) is 78.9 Å². The average Bonchev–Trinajstić information content (AvgIpc) is 3.09. The van der Waals surface area contributed by atoms with Crippen LogP contribution in [0, 0.1) is 11.8 Å². The predicted molar refractivity (Wildman–Crippen MR) is 210 cm³/mol. The minimum Gasteiger partial charge on any atom is -0.462 e. The summed E-state index contributed by atoms with van der Waals surface area (Å²) in [6.45, 7) is 11.3. The van der Waals surface area contributed by atoms with Crippen LogP contribution in [0.4, 0.5) is 0 Å². The van der Waals surface area contributed by atoms with E-state index in [-0.39, 0.29) is 31.1 Å². The van der Waals surface area contributed by atoms with Crippen molar-refractivity contribution in [1.82, 2.24) is 0 Å². The fraction of sp³-hybridized carbons (Fsp3) is 0.932. The Hall–Kier alpha value is -1.59. The van der Waals surface area contributed by atoms with E-state index in [1.54, 1.807) is 0 Å². The van der Waals surface area contributed by atoms with E-state index in [4.69, 9.17) is 14.2 Å². The molecule has 0 rings (SSSR count).